The van der Waals surface area contributed by atoms with Crippen molar-refractivity contribution in [2.75, 3.05) is 13.1 Å². The van der Waals surface area contributed by atoms with Gasteiger partial charge in [-0.05, 0) is 25.5 Å². The predicted octanol–water partition coefficient (Wildman–Crippen LogP) is 0.756. The van der Waals surface area contributed by atoms with Crippen LogP contribution in [0.4, 0.5) is 0 Å². The van der Waals surface area contributed by atoms with Crippen molar-refractivity contribution >= 4 is 5.71 Å². The molecule has 0 aliphatic carbocycles. The van der Waals surface area contributed by atoms with Gasteiger partial charge >= 0.3 is 0 Å². The zero-order valence-corrected chi connectivity index (χ0v) is 6.09. The lowest BCUT2D eigenvalue weighted by atomic mass is 10.1. The topological polar surface area (TPSA) is 44.6 Å². The smallest absolute Gasteiger partial charge is 0.0794 e. The van der Waals surface area contributed by atoms with Gasteiger partial charge in [-0.3, -0.25) is 0 Å². The van der Waals surface area contributed by atoms with Crippen molar-refractivity contribution in [2.24, 2.45) is 5.16 Å². The van der Waals surface area contributed by atoms with Gasteiger partial charge in [0.15, 0.2) is 0 Å². The Morgan fingerprint density at radius 1 is 1.80 bits per heavy atom. The Hall–Kier alpha value is -0.830. The SMILES string of the molecule is C/C(=N/O)C1=CCNCC1. The van der Waals surface area contributed by atoms with Crippen molar-refractivity contribution in [1.29, 1.82) is 0 Å². The lowest BCUT2D eigenvalue weighted by Gasteiger charge is -2.11. The summed E-state index contributed by atoms with van der Waals surface area (Å²) in [7, 11) is 0. The molecule has 1 aliphatic rings. The number of nitrogens with zero attached hydrogens (tertiary/aromatic N) is 1. The Labute approximate surface area is 60.4 Å². The summed E-state index contributed by atoms with van der Waals surface area (Å²) in [4.78, 5) is 0. The third kappa shape index (κ3) is 1.57. The Balaban J connectivity index is 2.62. The summed E-state index contributed by atoms with van der Waals surface area (Å²) in [5.41, 5.74) is 1.89. The van der Waals surface area contributed by atoms with Gasteiger partial charge in [0.05, 0.1) is 5.71 Å². The molecule has 0 fully saturated rings. The quantitative estimate of drug-likeness (QED) is 0.321. The molecule has 0 aromatic carbocycles. The molecule has 0 spiro atoms. The fourth-order valence-corrected chi connectivity index (χ4v) is 1.02. The Morgan fingerprint density at radius 2 is 2.60 bits per heavy atom. The maximum atomic E-state index is 8.41. The average molecular weight is 140 g/mol. The molecule has 0 unspecified atom stereocenters. The third-order valence-corrected chi connectivity index (χ3v) is 1.68. The number of hydrogen-bond acceptors (Lipinski definition) is 3. The van der Waals surface area contributed by atoms with Crippen LogP contribution in [0.15, 0.2) is 16.8 Å². The van der Waals surface area contributed by atoms with Crippen LogP contribution in [-0.4, -0.2) is 24.0 Å². The van der Waals surface area contributed by atoms with E-state index in [0.29, 0.717) is 0 Å². The second-order valence-electron chi connectivity index (χ2n) is 2.37. The van der Waals surface area contributed by atoms with Crippen LogP contribution in [0, 0.1) is 0 Å². The minimum atomic E-state index is 0.738. The molecule has 56 valence electrons. The minimum Gasteiger partial charge on any atom is -0.411 e. The second-order valence-corrected chi connectivity index (χ2v) is 2.37. The number of oxime groups is 1. The van der Waals surface area contributed by atoms with E-state index in [4.69, 9.17) is 5.21 Å². The molecule has 0 amide bonds. The van der Waals surface area contributed by atoms with E-state index in [-0.39, 0.29) is 0 Å². The summed E-state index contributed by atoms with van der Waals surface area (Å²) in [6.07, 6.45) is 3.02. The van der Waals surface area contributed by atoms with Gasteiger partial charge in [-0.15, -0.1) is 0 Å². The van der Waals surface area contributed by atoms with Crippen molar-refractivity contribution in [3.63, 3.8) is 0 Å². The van der Waals surface area contributed by atoms with Gasteiger partial charge in [-0.1, -0.05) is 11.2 Å². The van der Waals surface area contributed by atoms with E-state index in [1.54, 1.807) is 0 Å². The molecule has 1 aliphatic heterocycles. The van der Waals surface area contributed by atoms with Gasteiger partial charge in [0.2, 0.25) is 0 Å². The van der Waals surface area contributed by atoms with Crippen molar-refractivity contribution in [3.05, 3.63) is 11.6 Å². The molecular formula is C7H12N2O. The van der Waals surface area contributed by atoms with E-state index in [1.807, 2.05) is 6.92 Å². The monoisotopic (exact) mass is 140 g/mol. The summed E-state index contributed by atoms with van der Waals surface area (Å²) in [5.74, 6) is 0. The Bertz CT molecular complexity index is 172. The molecule has 0 atom stereocenters. The summed E-state index contributed by atoms with van der Waals surface area (Å²) in [5, 5.41) is 14.7. The van der Waals surface area contributed by atoms with E-state index in [1.165, 1.54) is 0 Å². The predicted molar refractivity (Wildman–Crippen MR) is 40.5 cm³/mol. The van der Waals surface area contributed by atoms with Gasteiger partial charge in [-0.2, -0.15) is 0 Å². The molecule has 3 nitrogen and oxygen atoms in total. The highest BCUT2D eigenvalue weighted by Gasteiger charge is 2.04. The van der Waals surface area contributed by atoms with Crippen LogP contribution in [0.3, 0.4) is 0 Å². The molecule has 0 aromatic rings. The van der Waals surface area contributed by atoms with Crippen molar-refractivity contribution < 1.29 is 5.21 Å². The van der Waals surface area contributed by atoms with E-state index in [2.05, 4.69) is 16.5 Å². The largest absolute Gasteiger partial charge is 0.411 e. The summed E-state index contributed by atoms with van der Waals surface area (Å²) < 4.78 is 0. The first-order valence-corrected chi connectivity index (χ1v) is 3.43. The summed E-state index contributed by atoms with van der Waals surface area (Å²) in [6.45, 7) is 3.69. The second kappa shape index (κ2) is 3.37. The van der Waals surface area contributed by atoms with Crippen LogP contribution in [0.1, 0.15) is 13.3 Å². The Morgan fingerprint density at radius 3 is 3.10 bits per heavy atom. The molecule has 3 heteroatoms. The van der Waals surface area contributed by atoms with E-state index in [0.717, 1.165) is 30.8 Å². The van der Waals surface area contributed by atoms with Gasteiger partial charge < -0.3 is 10.5 Å². The number of nitrogens with one attached hydrogen (secondary N) is 1. The molecule has 0 saturated carbocycles. The van der Waals surface area contributed by atoms with Gasteiger partial charge in [0.25, 0.3) is 0 Å². The van der Waals surface area contributed by atoms with E-state index >= 15 is 0 Å². The van der Waals surface area contributed by atoms with E-state index < -0.39 is 0 Å². The highest BCUT2D eigenvalue weighted by atomic mass is 16.4. The zero-order valence-electron chi connectivity index (χ0n) is 6.09. The van der Waals surface area contributed by atoms with Crippen LogP contribution in [0.5, 0.6) is 0 Å². The molecule has 1 heterocycles. The minimum absolute atomic E-state index is 0.738. The van der Waals surface area contributed by atoms with Crippen molar-refractivity contribution in [1.82, 2.24) is 5.32 Å². The molecule has 10 heavy (non-hydrogen) atoms. The molecule has 1 rings (SSSR count). The Kier molecular flexibility index (Phi) is 2.45. The first-order valence-electron chi connectivity index (χ1n) is 3.43. The normalized spacial score (nSPS) is 20.5. The summed E-state index contributed by atoms with van der Waals surface area (Å²) in [6, 6.07) is 0. The number of hydrogen-bond donors (Lipinski definition) is 2. The highest BCUT2D eigenvalue weighted by molar-refractivity contribution is 5.97. The van der Waals surface area contributed by atoms with Crippen LogP contribution in [0.2, 0.25) is 0 Å². The van der Waals surface area contributed by atoms with Gasteiger partial charge in [0.1, 0.15) is 0 Å². The maximum Gasteiger partial charge on any atom is 0.0794 e. The molecule has 0 bridgehead atoms. The highest BCUT2D eigenvalue weighted by Crippen LogP contribution is 2.05. The molecule has 0 aromatic heterocycles. The first kappa shape index (κ1) is 7.28. The molecule has 0 saturated heterocycles. The summed E-state index contributed by atoms with van der Waals surface area (Å²) >= 11 is 0. The maximum absolute atomic E-state index is 8.41. The molecule has 2 N–H and O–H groups in total. The fraction of sp³-hybridized carbons (Fsp3) is 0.571. The lowest BCUT2D eigenvalue weighted by Crippen LogP contribution is -2.22. The number of rotatable bonds is 1. The molecular weight excluding hydrogens is 128 g/mol. The van der Waals surface area contributed by atoms with Gasteiger partial charge in [-0.25, -0.2) is 0 Å². The van der Waals surface area contributed by atoms with Crippen LogP contribution < -0.4 is 5.32 Å². The third-order valence-electron chi connectivity index (χ3n) is 1.68. The first-order chi connectivity index (χ1) is 4.84. The van der Waals surface area contributed by atoms with Crippen LogP contribution >= 0.6 is 0 Å². The zero-order chi connectivity index (χ0) is 7.40. The standard InChI is InChI=1S/C7H12N2O/c1-6(9-10)7-2-4-8-5-3-7/h2,8,10H,3-5H2,1H3/b9-6-. The van der Waals surface area contributed by atoms with Crippen molar-refractivity contribution in [3.8, 4) is 0 Å². The molecule has 0 radical (unpaired) electrons. The van der Waals surface area contributed by atoms with Crippen LogP contribution in [0.25, 0.3) is 0 Å². The van der Waals surface area contributed by atoms with E-state index in [9.17, 15) is 0 Å². The fourth-order valence-electron chi connectivity index (χ4n) is 1.02. The van der Waals surface area contributed by atoms with Gasteiger partial charge in [0, 0.05) is 6.54 Å². The van der Waals surface area contributed by atoms with Crippen molar-refractivity contribution in [2.45, 2.75) is 13.3 Å². The van der Waals surface area contributed by atoms with Crippen LogP contribution in [-0.2, 0) is 0 Å². The average Bonchev–Trinajstić information content (AvgIpc) is 2.05. The lowest BCUT2D eigenvalue weighted by molar-refractivity contribution is 0.318.